The number of aliphatic hydroxyl groups is 1. The summed E-state index contributed by atoms with van der Waals surface area (Å²) in [6, 6.07) is 7.50. The van der Waals surface area contributed by atoms with Crippen LogP contribution >= 0.6 is 0 Å². The molecule has 18 heavy (non-hydrogen) atoms. The lowest BCUT2D eigenvalue weighted by Crippen LogP contribution is -2.21. The van der Waals surface area contributed by atoms with Crippen molar-refractivity contribution in [3.05, 3.63) is 35.4 Å². The van der Waals surface area contributed by atoms with Gasteiger partial charge in [-0.05, 0) is 36.6 Å². The van der Waals surface area contributed by atoms with E-state index in [1.807, 2.05) is 12.1 Å². The zero-order chi connectivity index (χ0) is 13.0. The topological polar surface area (TPSA) is 49.8 Å². The molecule has 1 aromatic carbocycles. The summed E-state index contributed by atoms with van der Waals surface area (Å²) in [6.07, 6.45) is 1.07. The van der Waals surface area contributed by atoms with E-state index in [0.29, 0.717) is 11.5 Å². The summed E-state index contributed by atoms with van der Waals surface area (Å²) in [7, 11) is 1.38. The van der Waals surface area contributed by atoms with Crippen LogP contribution in [-0.4, -0.2) is 42.8 Å². The minimum atomic E-state index is -0.303. The van der Waals surface area contributed by atoms with Crippen LogP contribution in [0.3, 0.4) is 0 Å². The van der Waals surface area contributed by atoms with Crippen molar-refractivity contribution in [3.8, 4) is 0 Å². The fourth-order valence-corrected chi connectivity index (χ4v) is 2.33. The summed E-state index contributed by atoms with van der Waals surface area (Å²) in [4.78, 5) is 13.6. The molecule has 0 saturated carbocycles. The monoisotopic (exact) mass is 249 g/mol. The molecule has 1 aliphatic heterocycles. The van der Waals surface area contributed by atoms with E-state index in [1.54, 1.807) is 12.1 Å². The molecule has 1 saturated heterocycles. The third-order valence-electron chi connectivity index (χ3n) is 3.41. The molecule has 4 nitrogen and oxygen atoms in total. The number of rotatable bonds is 4. The third-order valence-corrected chi connectivity index (χ3v) is 3.41. The Morgan fingerprint density at radius 2 is 2.17 bits per heavy atom. The summed E-state index contributed by atoms with van der Waals surface area (Å²) in [5.41, 5.74) is 1.76. The Labute approximate surface area is 107 Å². The molecule has 1 unspecified atom stereocenters. The predicted molar refractivity (Wildman–Crippen MR) is 68.3 cm³/mol. The van der Waals surface area contributed by atoms with Crippen LogP contribution in [0.5, 0.6) is 0 Å². The van der Waals surface area contributed by atoms with Crippen molar-refractivity contribution < 1.29 is 14.6 Å². The molecule has 1 N–H and O–H groups in total. The van der Waals surface area contributed by atoms with Crippen LogP contribution in [0.25, 0.3) is 0 Å². The lowest BCUT2D eigenvalue weighted by molar-refractivity contribution is 0.0600. The molecule has 0 spiro atoms. The quantitative estimate of drug-likeness (QED) is 0.817. The molecule has 1 aliphatic rings. The van der Waals surface area contributed by atoms with E-state index in [9.17, 15) is 4.79 Å². The maximum atomic E-state index is 11.3. The van der Waals surface area contributed by atoms with Crippen LogP contribution < -0.4 is 0 Å². The maximum absolute atomic E-state index is 11.3. The first kappa shape index (κ1) is 13.1. The molecule has 2 rings (SSSR count). The highest BCUT2D eigenvalue weighted by molar-refractivity contribution is 5.89. The van der Waals surface area contributed by atoms with Gasteiger partial charge in [0, 0.05) is 19.7 Å². The summed E-state index contributed by atoms with van der Waals surface area (Å²) >= 11 is 0. The normalized spacial score (nSPS) is 20.0. The standard InChI is InChI=1S/C14H19NO3/c1-18-14(17)13-4-2-11(3-5-13)8-15-7-6-12(9-15)10-16/h2-5,12,16H,6-10H2,1H3. The van der Waals surface area contributed by atoms with E-state index < -0.39 is 0 Å². The largest absolute Gasteiger partial charge is 0.465 e. The average molecular weight is 249 g/mol. The average Bonchev–Trinajstić information content (AvgIpc) is 2.86. The van der Waals surface area contributed by atoms with E-state index >= 15 is 0 Å². The first-order valence-electron chi connectivity index (χ1n) is 6.23. The van der Waals surface area contributed by atoms with Gasteiger partial charge in [0.1, 0.15) is 0 Å². The third kappa shape index (κ3) is 3.09. The number of methoxy groups -OCH3 is 1. The minimum absolute atomic E-state index is 0.276. The highest BCUT2D eigenvalue weighted by Gasteiger charge is 2.21. The van der Waals surface area contributed by atoms with Gasteiger partial charge < -0.3 is 9.84 Å². The number of esters is 1. The number of hydrogen-bond acceptors (Lipinski definition) is 4. The molecule has 0 aromatic heterocycles. The van der Waals surface area contributed by atoms with Gasteiger partial charge in [-0.15, -0.1) is 0 Å². The summed E-state index contributed by atoms with van der Waals surface area (Å²) < 4.78 is 4.66. The number of benzene rings is 1. The Bertz CT molecular complexity index is 402. The molecule has 0 radical (unpaired) electrons. The van der Waals surface area contributed by atoms with Crippen molar-refractivity contribution in [2.75, 3.05) is 26.8 Å². The van der Waals surface area contributed by atoms with Gasteiger partial charge in [-0.3, -0.25) is 4.90 Å². The Morgan fingerprint density at radius 3 is 2.72 bits per heavy atom. The van der Waals surface area contributed by atoms with Crippen molar-refractivity contribution in [2.24, 2.45) is 5.92 Å². The zero-order valence-corrected chi connectivity index (χ0v) is 10.6. The van der Waals surface area contributed by atoms with E-state index in [0.717, 1.165) is 26.1 Å². The molecule has 0 amide bonds. The number of aliphatic hydroxyl groups excluding tert-OH is 1. The number of hydrogen-bond donors (Lipinski definition) is 1. The van der Waals surface area contributed by atoms with E-state index in [1.165, 1.54) is 12.7 Å². The summed E-state index contributed by atoms with van der Waals surface area (Å²) in [5.74, 6) is 0.113. The smallest absolute Gasteiger partial charge is 0.337 e. The summed E-state index contributed by atoms with van der Waals surface area (Å²) in [5, 5.41) is 9.10. The van der Waals surface area contributed by atoms with Crippen molar-refractivity contribution in [2.45, 2.75) is 13.0 Å². The van der Waals surface area contributed by atoms with Gasteiger partial charge in [0.05, 0.1) is 12.7 Å². The SMILES string of the molecule is COC(=O)c1ccc(CN2CCC(CO)C2)cc1. The van der Waals surface area contributed by atoms with Crippen LogP contribution in [0, 0.1) is 5.92 Å². The fraction of sp³-hybridized carbons (Fsp3) is 0.500. The van der Waals surface area contributed by atoms with E-state index in [2.05, 4.69) is 9.64 Å². The van der Waals surface area contributed by atoms with Crippen LogP contribution in [0.1, 0.15) is 22.3 Å². The van der Waals surface area contributed by atoms with Gasteiger partial charge in [0.25, 0.3) is 0 Å². The number of ether oxygens (including phenoxy) is 1. The van der Waals surface area contributed by atoms with Crippen LogP contribution in [0.2, 0.25) is 0 Å². The Balaban J connectivity index is 1.92. The second-order valence-electron chi connectivity index (χ2n) is 4.76. The van der Waals surface area contributed by atoms with Gasteiger partial charge >= 0.3 is 5.97 Å². The van der Waals surface area contributed by atoms with Crippen LogP contribution in [0.4, 0.5) is 0 Å². The molecular formula is C14H19NO3. The zero-order valence-electron chi connectivity index (χ0n) is 10.6. The van der Waals surface area contributed by atoms with Gasteiger partial charge in [0.15, 0.2) is 0 Å². The highest BCUT2D eigenvalue weighted by Crippen LogP contribution is 2.18. The molecule has 0 bridgehead atoms. The second kappa shape index (κ2) is 5.98. The lowest BCUT2D eigenvalue weighted by Gasteiger charge is -2.15. The molecule has 1 aromatic rings. The Hall–Kier alpha value is -1.39. The van der Waals surface area contributed by atoms with Crippen LogP contribution in [0.15, 0.2) is 24.3 Å². The number of carbonyl (C=O) groups is 1. The van der Waals surface area contributed by atoms with Crippen molar-refractivity contribution in [1.82, 2.24) is 4.90 Å². The number of carbonyl (C=O) groups excluding carboxylic acids is 1. The van der Waals surface area contributed by atoms with Gasteiger partial charge in [-0.2, -0.15) is 0 Å². The molecule has 1 atom stereocenters. The molecular weight excluding hydrogens is 230 g/mol. The van der Waals surface area contributed by atoms with Gasteiger partial charge in [-0.25, -0.2) is 4.79 Å². The fourth-order valence-electron chi connectivity index (χ4n) is 2.33. The van der Waals surface area contributed by atoms with Gasteiger partial charge in [0.2, 0.25) is 0 Å². The Kier molecular flexibility index (Phi) is 4.33. The Morgan fingerprint density at radius 1 is 1.44 bits per heavy atom. The first-order chi connectivity index (χ1) is 8.72. The number of nitrogens with zero attached hydrogens (tertiary/aromatic N) is 1. The molecule has 4 heteroatoms. The van der Waals surface area contributed by atoms with Crippen molar-refractivity contribution in [3.63, 3.8) is 0 Å². The highest BCUT2D eigenvalue weighted by atomic mass is 16.5. The second-order valence-corrected chi connectivity index (χ2v) is 4.76. The van der Waals surface area contributed by atoms with Crippen molar-refractivity contribution >= 4 is 5.97 Å². The molecule has 0 aliphatic carbocycles. The van der Waals surface area contributed by atoms with E-state index in [-0.39, 0.29) is 12.6 Å². The lowest BCUT2D eigenvalue weighted by atomic mass is 10.1. The number of likely N-dealkylation sites (tertiary alicyclic amines) is 1. The molecule has 98 valence electrons. The maximum Gasteiger partial charge on any atom is 0.337 e. The van der Waals surface area contributed by atoms with Crippen molar-refractivity contribution in [1.29, 1.82) is 0 Å². The molecule has 1 fully saturated rings. The van der Waals surface area contributed by atoms with Gasteiger partial charge in [-0.1, -0.05) is 12.1 Å². The predicted octanol–water partition coefficient (Wildman–Crippen LogP) is 1.29. The van der Waals surface area contributed by atoms with Crippen LogP contribution in [-0.2, 0) is 11.3 Å². The first-order valence-corrected chi connectivity index (χ1v) is 6.23. The van der Waals surface area contributed by atoms with E-state index in [4.69, 9.17) is 5.11 Å². The molecule has 1 heterocycles. The minimum Gasteiger partial charge on any atom is -0.465 e. The summed E-state index contributed by atoms with van der Waals surface area (Å²) in [6.45, 7) is 3.13.